The second kappa shape index (κ2) is 9.07. The van der Waals surface area contributed by atoms with E-state index in [4.69, 9.17) is 23.2 Å². The molecule has 32 heavy (non-hydrogen) atoms. The summed E-state index contributed by atoms with van der Waals surface area (Å²) in [6.45, 7) is 1.75. The second-order valence-electron chi connectivity index (χ2n) is 6.66. The van der Waals surface area contributed by atoms with Crippen LogP contribution in [0.1, 0.15) is 25.6 Å². The Morgan fingerprint density at radius 3 is 2.59 bits per heavy atom. The lowest BCUT2D eigenvalue weighted by atomic mass is 10.2. The second-order valence-corrected chi connectivity index (χ2v) is 8.55. The normalized spacial score (nSPS) is 10.8. The number of aromatic nitrogens is 3. The number of rotatable bonds is 5. The maximum Gasteiger partial charge on any atom is 0.266 e. The minimum atomic E-state index is -0.538. The number of amides is 2. The van der Waals surface area contributed by atoms with Gasteiger partial charge in [-0.15, -0.1) is 11.3 Å². The van der Waals surface area contributed by atoms with Crippen LogP contribution in [0.15, 0.2) is 55.1 Å². The van der Waals surface area contributed by atoms with Crippen molar-refractivity contribution in [1.82, 2.24) is 14.8 Å². The van der Waals surface area contributed by atoms with E-state index in [9.17, 15) is 14.0 Å². The van der Waals surface area contributed by atoms with Gasteiger partial charge in [-0.25, -0.2) is 14.1 Å². The minimum absolute atomic E-state index is 0.00431. The van der Waals surface area contributed by atoms with Crippen LogP contribution in [-0.2, 0) is 0 Å². The molecule has 4 aromatic rings. The molecule has 0 unspecified atom stereocenters. The Labute approximate surface area is 195 Å². The molecule has 11 heteroatoms. The topological polar surface area (TPSA) is 88.9 Å². The van der Waals surface area contributed by atoms with Crippen molar-refractivity contribution < 1.29 is 14.0 Å². The van der Waals surface area contributed by atoms with E-state index in [1.807, 2.05) is 0 Å². The maximum atomic E-state index is 13.2. The van der Waals surface area contributed by atoms with Crippen molar-refractivity contribution in [3.63, 3.8) is 0 Å². The van der Waals surface area contributed by atoms with Gasteiger partial charge in [0.05, 0.1) is 31.8 Å². The fourth-order valence-corrected chi connectivity index (χ4v) is 4.33. The molecule has 2 heterocycles. The van der Waals surface area contributed by atoms with E-state index in [1.54, 1.807) is 31.2 Å². The average molecular weight is 490 g/mol. The van der Waals surface area contributed by atoms with Crippen molar-refractivity contribution in [2.75, 3.05) is 10.6 Å². The lowest BCUT2D eigenvalue weighted by Crippen LogP contribution is -2.14. The average Bonchev–Trinajstić information content (AvgIpc) is 3.38. The molecule has 2 aromatic heterocycles. The first kappa shape index (κ1) is 21.9. The Morgan fingerprint density at radius 1 is 1.06 bits per heavy atom. The van der Waals surface area contributed by atoms with Crippen LogP contribution in [0.4, 0.5) is 15.1 Å². The first-order valence-electron chi connectivity index (χ1n) is 9.14. The molecule has 0 aliphatic carbocycles. The van der Waals surface area contributed by atoms with Gasteiger partial charge in [0.1, 0.15) is 18.5 Å². The monoisotopic (exact) mass is 489 g/mol. The molecule has 0 aliphatic rings. The molecule has 0 spiro atoms. The van der Waals surface area contributed by atoms with Crippen LogP contribution in [-0.4, -0.2) is 26.6 Å². The summed E-state index contributed by atoms with van der Waals surface area (Å²) in [6.07, 6.45) is 2.88. The van der Waals surface area contributed by atoms with E-state index in [0.717, 1.165) is 23.5 Å². The number of carbonyl (C=O) groups is 2. The highest BCUT2D eigenvalue weighted by Crippen LogP contribution is 2.30. The molecule has 2 N–H and O–H groups in total. The molecular weight excluding hydrogens is 476 g/mol. The third-order valence-electron chi connectivity index (χ3n) is 4.41. The summed E-state index contributed by atoms with van der Waals surface area (Å²) < 4.78 is 14.7. The number of hydrogen-bond donors (Lipinski definition) is 2. The number of aryl methyl sites for hydroxylation is 1. The third kappa shape index (κ3) is 4.64. The molecule has 0 saturated carbocycles. The first-order valence-corrected chi connectivity index (χ1v) is 10.7. The van der Waals surface area contributed by atoms with E-state index < -0.39 is 11.7 Å². The van der Waals surface area contributed by atoms with Crippen molar-refractivity contribution in [3.05, 3.63) is 87.0 Å². The molecule has 2 amide bonds. The molecule has 162 valence electrons. The van der Waals surface area contributed by atoms with Crippen LogP contribution in [0.3, 0.4) is 0 Å². The number of benzene rings is 2. The number of anilines is 2. The molecule has 4 rings (SSSR count). The number of carbonyl (C=O) groups excluding carboxylic acids is 2. The molecular formula is C21H14Cl2FN5O2S. The number of thiophene rings is 1. The highest BCUT2D eigenvalue weighted by atomic mass is 35.5. The van der Waals surface area contributed by atoms with E-state index in [1.165, 1.54) is 23.4 Å². The Balaban J connectivity index is 1.55. The van der Waals surface area contributed by atoms with E-state index in [0.29, 0.717) is 31.8 Å². The van der Waals surface area contributed by atoms with Gasteiger partial charge in [0, 0.05) is 5.02 Å². The molecule has 7 nitrogen and oxygen atoms in total. The van der Waals surface area contributed by atoms with Gasteiger partial charge in [0.15, 0.2) is 0 Å². The van der Waals surface area contributed by atoms with Crippen LogP contribution in [0.25, 0.3) is 5.69 Å². The van der Waals surface area contributed by atoms with Crippen molar-refractivity contribution in [1.29, 1.82) is 0 Å². The zero-order valence-corrected chi connectivity index (χ0v) is 18.7. The van der Waals surface area contributed by atoms with Crippen LogP contribution >= 0.6 is 34.5 Å². The predicted octanol–water partition coefficient (Wildman–Crippen LogP) is 5.59. The summed E-state index contributed by atoms with van der Waals surface area (Å²) >= 11 is 13.2. The Morgan fingerprint density at radius 2 is 1.88 bits per heavy atom. The fraction of sp³-hybridized carbons (Fsp3) is 0.0476. The van der Waals surface area contributed by atoms with Crippen LogP contribution < -0.4 is 10.6 Å². The summed E-state index contributed by atoms with van der Waals surface area (Å²) in [4.78, 5) is 29.8. The van der Waals surface area contributed by atoms with Crippen molar-refractivity contribution in [2.24, 2.45) is 0 Å². The van der Waals surface area contributed by atoms with Gasteiger partial charge in [-0.05, 0) is 55.0 Å². The van der Waals surface area contributed by atoms with E-state index >= 15 is 0 Å². The summed E-state index contributed by atoms with van der Waals surface area (Å²) in [5, 5.41) is 10.5. The number of nitrogens with zero attached hydrogens (tertiary/aromatic N) is 3. The Hall–Kier alpha value is -3.27. The molecule has 2 aromatic carbocycles. The fourth-order valence-electron chi connectivity index (χ4n) is 2.94. The lowest BCUT2D eigenvalue weighted by Gasteiger charge is -2.11. The van der Waals surface area contributed by atoms with Gasteiger partial charge in [-0.3, -0.25) is 9.59 Å². The SMILES string of the molecule is Cc1cc(NC(=O)c2ccc(F)cc2Cl)sc1C(=O)Nc1cc(Cl)ccc1-n1cncn1. The molecule has 0 fully saturated rings. The predicted molar refractivity (Wildman–Crippen MR) is 123 cm³/mol. The number of hydrogen-bond acceptors (Lipinski definition) is 5. The van der Waals surface area contributed by atoms with E-state index in [-0.39, 0.29) is 16.5 Å². The molecule has 0 saturated heterocycles. The molecule has 0 bridgehead atoms. The van der Waals surface area contributed by atoms with Crippen LogP contribution in [0, 0.1) is 12.7 Å². The zero-order chi connectivity index (χ0) is 22.8. The summed E-state index contributed by atoms with van der Waals surface area (Å²) in [5.74, 6) is -1.42. The van der Waals surface area contributed by atoms with Crippen LogP contribution in [0.2, 0.25) is 10.0 Å². The van der Waals surface area contributed by atoms with Crippen molar-refractivity contribution in [3.8, 4) is 5.69 Å². The van der Waals surface area contributed by atoms with Gasteiger partial charge in [0.2, 0.25) is 0 Å². The summed E-state index contributed by atoms with van der Waals surface area (Å²) in [7, 11) is 0. The van der Waals surface area contributed by atoms with Crippen molar-refractivity contribution >= 4 is 57.0 Å². The highest BCUT2D eigenvalue weighted by Gasteiger charge is 2.19. The third-order valence-corrected chi connectivity index (χ3v) is 6.11. The van der Waals surface area contributed by atoms with Gasteiger partial charge in [-0.1, -0.05) is 23.2 Å². The summed E-state index contributed by atoms with van der Waals surface area (Å²) in [6, 6.07) is 10.2. The summed E-state index contributed by atoms with van der Waals surface area (Å²) in [5.41, 5.74) is 1.83. The molecule has 0 atom stereocenters. The van der Waals surface area contributed by atoms with Gasteiger partial charge in [-0.2, -0.15) is 5.10 Å². The molecule has 0 radical (unpaired) electrons. The smallest absolute Gasteiger partial charge is 0.266 e. The van der Waals surface area contributed by atoms with Gasteiger partial charge >= 0.3 is 0 Å². The van der Waals surface area contributed by atoms with E-state index in [2.05, 4.69) is 20.7 Å². The highest BCUT2D eigenvalue weighted by molar-refractivity contribution is 7.18. The molecule has 0 aliphatic heterocycles. The maximum absolute atomic E-state index is 13.2. The Bertz CT molecular complexity index is 1320. The first-order chi connectivity index (χ1) is 15.3. The Kier molecular flexibility index (Phi) is 6.22. The standard InChI is InChI=1S/C21H14Cl2FN5O2S/c1-11-6-18(28-20(30)14-4-3-13(24)8-15(14)23)32-19(11)21(31)27-16-7-12(22)2-5-17(16)29-10-25-9-26-29/h2-10H,1H3,(H,27,31)(H,28,30). The number of halogens is 3. The zero-order valence-electron chi connectivity index (χ0n) is 16.4. The lowest BCUT2D eigenvalue weighted by molar-refractivity contribution is 0.102. The quantitative estimate of drug-likeness (QED) is 0.382. The van der Waals surface area contributed by atoms with Gasteiger partial charge in [0.25, 0.3) is 11.8 Å². The van der Waals surface area contributed by atoms with Crippen LogP contribution in [0.5, 0.6) is 0 Å². The van der Waals surface area contributed by atoms with Crippen molar-refractivity contribution in [2.45, 2.75) is 6.92 Å². The minimum Gasteiger partial charge on any atom is -0.319 e. The van der Waals surface area contributed by atoms with Gasteiger partial charge < -0.3 is 10.6 Å². The largest absolute Gasteiger partial charge is 0.319 e. The number of nitrogens with one attached hydrogen (secondary N) is 2.